The van der Waals surface area contributed by atoms with Crippen LogP contribution in [0.4, 0.5) is 5.69 Å². The maximum absolute atomic E-state index is 13.4. The van der Waals surface area contributed by atoms with Crippen LogP contribution in [0.3, 0.4) is 0 Å². The van der Waals surface area contributed by atoms with Gasteiger partial charge in [0.25, 0.3) is 5.91 Å². The highest BCUT2D eigenvalue weighted by Gasteiger charge is 2.60. The number of fused-ring (bicyclic) bond motifs is 2. The molecule has 8 nitrogen and oxygen atoms in total. The monoisotopic (exact) mass is 376 g/mol. The van der Waals surface area contributed by atoms with E-state index in [1.807, 2.05) is 42.1 Å². The smallest absolute Gasteiger partial charge is 0.290 e. The normalized spacial score (nSPS) is 23.3. The first-order valence-electron chi connectivity index (χ1n) is 9.20. The minimum absolute atomic E-state index is 0.0863. The molecule has 0 unspecified atom stereocenters. The summed E-state index contributed by atoms with van der Waals surface area (Å²) in [6.45, 7) is 0.449. The lowest BCUT2D eigenvalue weighted by molar-refractivity contribution is -0.121. The Kier molecular flexibility index (Phi) is 3.46. The van der Waals surface area contributed by atoms with Gasteiger partial charge in [-0.3, -0.25) is 9.59 Å². The molecule has 2 aliphatic rings. The molecule has 4 heterocycles. The third kappa shape index (κ3) is 2.05. The molecule has 1 saturated heterocycles. The van der Waals surface area contributed by atoms with Crippen molar-refractivity contribution in [1.82, 2.24) is 24.0 Å². The highest BCUT2D eigenvalue weighted by molar-refractivity contribution is 6.08. The van der Waals surface area contributed by atoms with Gasteiger partial charge in [0, 0.05) is 51.1 Å². The molecule has 0 bridgehead atoms. The number of aromatic nitrogens is 4. The minimum Gasteiger partial charge on any atom is -0.336 e. The number of imidazole rings is 2. The number of carbonyl (C=O) groups excluding carboxylic acids is 2. The predicted molar refractivity (Wildman–Crippen MR) is 102 cm³/mol. The molecule has 28 heavy (non-hydrogen) atoms. The molecular formula is C20H20N6O2. The average Bonchev–Trinajstić information content (AvgIpc) is 3.43. The van der Waals surface area contributed by atoms with Crippen molar-refractivity contribution < 1.29 is 9.59 Å². The number of rotatable bonds is 2. The molecule has 0 saturated carbocycles. The van der Waals surface area contributed by atoms with E-state index in [4.69, 9.17) is 0 Å². The van der Waals surface area contributed by atoms with Gasteiger partial charge in [-0.2, -0.15) is 0 Å². The molecule has 5 rings (SSSR count). The summed E-state index contributed by atoms with van der Waals surface area (Å²) >= 11 is 0. The van der Waals surface area contributed by atoms with E-state index < -0.39 is 11.5 Å². The van der Waals surface area contributed by atoms with Crippen LogP contribution in [-0.2, 0) is 24.3 Å². The highest BCUT2D eigenvalue weighted by Crippen LogP contribution is 2.54. The van der Waals surface area contributed by atoms with Crippen LogP contribution in [0.2, 0.25) is 0 Å². The summed E-state index contributed by atoms with van der Waals surface area (Å²) in [5.41, 5.74) is 0.859. The standard InChI is InChI=1S/C20H20N6O2/c1-24-11-8-21-16(24)15-20(13-5-3-4-6-14(13)23-19(20)28)7-10-26(15)18(27)17-22-9-12-25(17)2/h3-6,8-9,11-12,15H,7,10H2,1-2H3,(H,23,28)/t15-,20+/m0/s1. The predicted octanol–water partition coefficient (Wildman–Crippen LogP) is 1.63. The Morgan fingerprint density at radius 1 is 1.14 bits per heavy atom. The van der Waals surface area contributed by atoms with E-state index in [9.17, 15) is 9.59 Å². The van der Waals surface area contributed by atoms with Crippen molar-refractivity contribution in [2.45, 2.75) is 17.9 Å². The van der Waals surface area contributed by atoms with Gasteiger partial charge in [-0.1, -0.05) is 18.2 Å². The largest absolute Gasteiger partial charge is 0.336 e. The fourth-order valence-electron chi connectivity index (χ4n) is 4.60. The number of aryl methyl sites for hydroxylation is 2. The van der Waals surface area contributed by atoms with Gasteiger partial charge in [0.2, 0.25) is 5.91 Å². The van der Waals surface area contributed by atoms with Crippen LogP contribution in [0.15, 0.2) is 49.1 Å². The second kappa shape index (κ2) is 5.79. The van der Waals surface area contributed by atoms with Crippen molar-refractivity contribution >= 4 is 17.5 Å². The summed E-state index contributed by atoms with van der Waals surface area (Å²) in [6, 6.07) is 7.19. The molecule has 2 aliphatic heterocycles. The van der Waals surface area contributed by atoms with Gasteiger partial charge in [0.05, 0.1) is 0 Å². The van der Waals surface area contributed by atoms with Gasteiger partial charge in [-0.05, 0) is 18.1 Å². The molecule has 2 aromatic heterocycles. The highest BCUT2D eigenvalue weighted by atomic mass is 16.2. The number of amides is 2. The molecular weight excluding hydrogens is 356 g/mol. The van der Waals surface area contributed by atoms with Crippen molar-refractivity contribution in [2.24, 2.45) is 14.1 Å². The minimum atomic E-state index is -0.865. The number of carbonyl (C=O) groups is 2. The average molecular weight is 376 g/mol. The lowest BCUT2D eigenvalue weighted by Crippen LogP contribution is -2.44. The zero-order valence-electron chi connectivity index (χ0n) is 15.7. The zero-order valence-corrected chi connectivity index (χ0v) is 15.7. The van der Waals surface area contributed by atoms with Gasteiger partial charge < -0.3 is 19.4 Å². The number of benzene rings is 1. The number of anilines is 1. The van der Waals surface area contributed by atoms with Gasteiger partial charge >= 0.3 is 0 Å². The first-order valence-corrected chi connectivity index (χ1v) is 9.20. The fraction of sp³-hybridized carbons (Fsp3) is 0.300. The molecule has 142 valence electrons. The second-order valence-electron chi connectivity index (χ2n) is 7.38. The summed E-state index contributed by atoms with van der Waals surface area (Å²) in [5, 5.41) is 3.01. The Labute approximate surface area is 161 Å². The SMILES string of the molecule is Cn1ccnc1C(=O)N1CC[C@]2(C(=O)Nc3ccccc32)[C@@H]1c1nccn1C. The molecule has 1 spiro atoms. The fourth-order valence-corrected chi connectivity index (χ4v) is 4.60. The molecule has 3 aromatic rings. The lowest BCUT2D eigenvalue weighted by Gasteiger charge is -2.33. The van der Waals surface area contributed by atoms with E-state index in [-0.39, 0.29) is 11.8 Å². The Bertz CT molecular complexity index is 1100. The first kappa shape index (κ1) is 16.7. The molecule has 0 aliphatic carbocycles. The first-order chi connectivity index (χ1) is 13.5. The van der Waals surface area contributed by atoms with Crippen molar-refractivity contribution in [3.05, 3.63) is 66.3 Å². The maximum atomic E-state index is 13.4. The van der Waals surface area contributed by atoms with Crippen molar-refractivity contribution in [1.29, 1.82) is 0 Å². The van der Waals surface area contributed by atoms with Crippen LogP contribution in [0.5, 0.6) is 0 Å². The van der Waals surface area contributed by atoms with E-state index in [0.29, 0.717) is 24.6 Å². The van der Waals surface area contributed by atoms with Gasteiger partial charge in [0.1, 0.15) is 17.3 Å². The second-order valence-corrected chi connectivity index (χ2v) is 7.38. The van der Waals surface area contributed by atoms with E-state index in [1.165, 1.54) is 0 Å². The number of hydrogen-bond acceptors (Lipinski definition) is 4. The molecule has 2 atom stereocenters. The van der Waals surface area contributed by atoms with E-state index >= 15 is 0 Å². The topological polar surface area (TPSA) is 85.1 Å². The van der Waals surface area contributed by atoms with Crippen LogP contribution in [0.1, 0.15) is 34.5 Å². The van der Waals surface area contributed by atoms with E-state index in [1.54, 1.807) is 35.1 Å². The number of para-hydroxylation sites is 1. The van der Waals surface area contributed by atoms with E-state index in [0.717, 1.165) is 11.3 Å². The molecule has 8 heteroatoms. The molecule has 1 N–H and O–H groups in total. The van der Waals surface area contributed by atoms with Crippen LogP contribution in [-0.4, -0.2) is 42.4 Å². The summed E-state index contributed by atoms with van der Waals surface area (Å²) in [7, 11) is 3.68. The van der Waals surface area contributed by atoms with Crippen molar-refractivity contribution in [3.63, 3.8) is 0 Å². The molecule has 1 aromatic carbocycles. The van der Waals surface area contributed by atoms with Gasteiger partial charge in [0.15, 0.2) is 5.82 Å². The Morgan fingerprint density at radius 3 is 2.61 bits per heavy atom. The van der Waals surface area contributed by atoms with Gasteiger partial charge in [-0.25, -0.2) is 9.97 Å². The quantitative estimate of drug-likeness (QED) is 0.737. The van der Waals surface area contributed by atoms with Crippen LogP contribution < -0.4 is 5.32 Å². The van der Waals surface area contributed by atoms with Crippen LogP contribution in [0.25, 0.3) is 0 Å². The van der Waals surface area contributed by atoms with Gasteiger partial charge in [-0.15, -0.1) is 0 Å². The van der Waals surface area contributed by atoms with Crippen molar-refractivity contribution in [2.75, 3.05) is 11.9 Å². The third-order valence-electron chi connectivity index (χ3n) is 5.96. The van der Waals surface area contributed by atoms with Crippen LogP contribution in [0, 0.1) is 0 Å². The maximum Gasteiger partial charge on any atom is 0.290 e. The molecule has 1 fully saturated rings. The summed E-state index contributed by atoms with van der Waals surface area (Å²) in [6.07, 6.45) is 7.41. The molecule has 0 radical (unpaired) electrons. The molecule has 2 amide bonds. The van der Waals surface area contributed by atoms with E-state index in [2.05, 4.69) is 15.3 Å². The number of hydrogen-bond donors (Lipinski definition) is 1. The summed E-state index contributed by atoms with van der Waals surface area (Å²) < 4.78 is 3.58. The Hall–Kier alpha value is -3.42. The lowest BCUT2D eigenvalue weighted by atomic mass is 9.74. The van der Waals surface area contributed by atoms with Crippen LogP contribution >= 0.6 is 0 Å². The zero-order chi connectivity index (χ0) is 19.5. The number of likely N-dealkylation sites (tertiary alicyclic amines) is 1. The Balaban J connectivity index is 1.70. The number of nitrogens with one attached hydrogen (secondary N) is 1. The van der Waals surface area contributed by atoms with Crippen molar-refractivity contribution in [3.8, 4) is 0 Å². The third-order valence-corrected chi connectivity index (χ3v) is 5.96. The summed E-state index contributed by atoms with van der Waals surface area (Å²) in [5.74, 6) is 0.751. The Morgan fingerprint density at radius 2 is 1.89 bits per heavy atom. The number of nitrogens with zero attached hydrogens (tertiary/aromatic N) is 5. The summed E-state index contributed by atoms with van der Waals surface area (Å²) in [4.78, 5) is 37.2.